The molecule has 2 rings (SSSR count). The zero-order chi connectivity index (χ0) is 14.6. The van der Waals surface area contributed by atoms with Crippen LogP contribution in [0.2, 0.25) is 0 Å². The van der Waals surface area contributed by atoms with Crippen LogP contribution in [-0.2, 0) is 14.3 Å². The summed E-state index contributed by atoms with van der Waals surface area (Å²) in [6, 6.07) is 2.21. The summed E-state index contributed by atoms with van der Waals surface area (Å²) in [5.74, 6) is -0.0854. The van der Waals surface area contributed by atoms with E-state index in [1.165, 1.54) is 0 Å². The number of primary amides is 1. The number of piperidine rings is 1. The quantitative estimate of drug-likeness (QED) is 0.809. The van der Waals surface area contributed by atoms with E-state index in [9.17, 15) is 14.9 Å². The molecule has 2 heterocycles. The van der Waals surface area contributed by atoms with Gasteiger partial charge in [-0.25, -0.2) is 0 Å². The monoisotopic (exact) mass is 279 g/mol. The predicted octanol–water partition coefficient (Wildman–Crippen LogP) is 0.421. The maximum atomic E-state index is 12.6. The Morgan fingerprint density at radius 1 is 1.30 bits per heavy atom. The number of hydrogen-bond donors (Lipinski definition) is 1. The van der Waals surface area contributed by atoms with Crippen LogP contribution in [0.25, 0.3) is 0 Å². The average molecular weight is 279 g/mol. The van der Waals surface area contributed by atoms with Crippen LogP contribution in [-0.4, -0.2) is 43.0 Å². The van der Waals surface area contributed by atoms with Gasteiger partial charge in [0, 0.05) is 32.7 Å². The zero-order valence-electron chi connectivity index (χ0n) is 11.6. The first-order valence-electron chi connectivity index (χ1n) is 7.14. The fourth-order valence-corrected chi connectivity index (χ4v) is 3.02. The topological polar surface area (TPSA) is 96.4 Å². The van der Waals surface area contributed by atoms with Gasteiger partial charge in [0.2, 0.25) is 11.8 Å². The molecule has 6 nitrogen and oxygen atoms in total. The highest BCUT2D eigenvalue weighted by Gasteiger charge is 2.43. The van der Waals surface area contributed by atoms with E-state index in [-0.39, 0.29) is 17.7 Å². The Labute approximate surface area is 118 Å². The highest BCUT2D eigenvalue weighted by Crippen LogP contribution is 2.33. The molecule has 0 aliphatic carbocycles. The summed E-state index contributed by atoms with van der Waals surface area (Å²) in [4.78, 5) is 25.3. The zero-order valence-corrected chi connectivity index (χ0v) is 11.6. The van der Waals surface area contributed by atoms with E-state index in [4.69, 9.17) is 10.5 Å². The summed E-state index contributed by atoms with van der Waals surface area (Å²) >= 11 is 0. The van der Waals surface area contributed by atoms with Crippen molar-refractivity contribution in [2.75, 3.05) is 26.3 Å². The van der Waals surface area contributed by atoms with Crippen molar-refractivity contribution in [3.63, 3.8) is 0 Å². The van der Waals surface area contributed by atoms with Gasteiger partial charge in [0.05, 0.1) is 6.07 Å². The van der Waals surface area contributed by atoms with Crippen LogP contribution in [0.1, 0.15) is 32.1 Å². The van der Waals surface area contributed by atoms with Crippen molar-refractivity contribution in [1.29, 1.82) is 5.26 Å². The first kappa shape index (κ1) is 14.8. The molecular formula is C14H21N3O3. The number of nitrogens with zero attached hydrogens (tertiary/aromatic N) is 2. The third kappa shape index (κ3) is 3.10. The summed E-state index contributed by atoms with van der Waals surface area (Å²) < 4.78 is 5.25. The van der Waals surface area contributed by atoms with Gasteiger partial charge in [-0.3, -0.25) is 9.59 Å². The smallest absolute Gasteiger partial charge is 0.243 e. The number of likely N-dealkylation sites (tertiary alicyclic amines) is 1. The first-order chi connectivity index (χ1) is 9.57. The first-order valence-corrected chi connectivity index (χ1v) is 7.14. The highest BCUT2D eigenvalue weighted by molar-refractivity contribution is 5.85. The molecule has 110 valence electrons. The van der Waals surface area contributed by atoms with E-state index in [0.29, 0.717) is 45.6 Å². The summed E-state index contributed by atoms with van der Waals surface area (Å²) in [6.45, 7) is 2.16. The van der Waals surface area contributed by atoms with Gasteiger partial charge in [-0.15, -0.1) is 0 Å². The van der Waals surface area contributed by atoms with Crippen molar-refractivity contribution in [2.45, 2.75) is 32.1 Å². The Bertz CT molecular complexity index is 416. The molecule has 0 spiro atoms. The Morgan fingerprint density at radius 2 is 1.90 bits per heavy atom. The lowest BCUT2D eigenvalue weighted by molar-refractivity contribution is -0.144. The molecule has 2 amide bonds. The van der Waals surface area contributed by atoms with Crippen LogP contribution in [0.4, 0.5) is 0 Å². The minimum Gasteiger partial charge on any atom is -0.381 e. The average Bonchev–Trinajstić information content (AvgIpc) is 2.47. The van der Waals surface area contributed by atoms with Gasteiger partial charge in [0.25, 0.3) is 0 Å². The van der Waals surface area contributed by atoms with Crippen LogP contribution < -0.4 is 5.73 Å². The van der Waals surface area contributed by atoms with Gasteiger partial charge in [0.1, 0.15) is 5.41 Å². The maximum Gasteiger partial charge on any atom is 0.243 e. The molecule has 0 bridgehead atoms. The van der Waals surface area contributed by atoms with Crippen LogP contribution in [0.5, 0.6) is 0 Å². The fourth-order valence-electron chi connectivity index (χ4n) is 3.02. The second kappa shape index (κ2) is 6.23. The van der Waals surface area contributed by atoms with Crippen molar-refractivity contribution in [3.8, 4) is 6.07 Å². The summed E-state index contributed by atoms with van der Waals surface area (Å²) in [6.07, 6.45) is 2.91. The van der Waals surface area contributed by atoms with Crippen LogP contribution >= 0.6 is 0 Å². The van der Waals surface area contributed by atoms with Crippen molar-refractivity contribution >= 4 is 11.8 Å². The third-order valence-electron chi connectivity index (χ3n) is 4.36. The minimum absolute atomic E-state index is 0.0687. The largest absolute Gasteiger partial charge is 0.381 e. The lowest BCUT2D eigenvalue weighted by atomic mass is 9.79. The molecule has 6 heteroatoms. The molecule has 0 radical (unpaired) electrons. The highest BCUT2D eigenvalue weighted by atomic mass is 16.5. The molecule has 2 fully saturated rings. The van der Waals surface area contributed by atoms with Crippen LogP contribution in [0.3, 0.4) is 0 Å². The Morgan fingerprint density at radius 3 is 2.40 bits per heavy atom. The van der Waals surface area contributed by atoms with Crippen molar-refractivity contribution < 1.29 is 14.3 Å². The molecule has 0 aromatic rings. The Kier molecular flexibility index (Phi) is 4.61. The number of nitriles is 1. The molecule has 0 atom stereocenters. The molecule has 2 aliphatic heterocycles. The molecule has 0 aromatic carbocycles. The number of hydrogen-bond acceptors (Lipinski definition) is 4. The summed E-state index contributed by atoms with van der Waals surface area (Å²) in [5.41, 5.74) is 4.29. The second-order valence-corrected chi connectivity index (χ2v) is 5.71. The predicted molar refractivity (Wildman–Crippen MR) is 71.2 cm³/mol. The van der Waals surface area contributed by atoms with E-state index in [2.05, 4.69) is 6.07 Å². The van der Waals surface area contributed by atoms with Crippen molar-refractivity contribution in [1.82, 2.24) is 4.90 Å². The molecule has 2 aliphatic rings. The Balaban J connectivity index is 1.94. The molecule has 20 heavy (non-hydrogen) atoms. The van der Waals surface area contributed by atoms with Gasteiger partial charge < -0.3 is 15.4 Å². The third-order valence-corrected chi connectivity index (χ3v) is 4.36. The summed E-state index contributed by atoms with van der Waals surface area (Å²) in [5, 5.41) is 9.40. The number of amides is 2. The van der Waals surface area contributed by atoms with Gasteiger partial charge in [-0.2, -0.15) is 5.26 Å². The lowest BCUT2D eigenvalue weighted by Gasteiger charge is -2.38. The van der Waals surface area contributed by atoms with Gasteiger partial charge in [-0.05, 0) is 31.6 Å². The van der Waals surface area contributed by atoms with Crippen LogP contribution in [0.15, 0.2) is 0 Å². The Hall–Kier alpha value is -1.61. The molecule has 0 unspecified atom stereocenters. The molecule has 2 saturated heterocycles. The lowest BCUT2D eigenvalue weighted by Crippen LogP contribution is -2.49. The van der Waals surface area contributed by atoms with Gasteiger partial charge >= 0.3 is 0 Å². The van der Waals surface area contributed by atoms with Crippen LogP contribution in [0, 0.1) is 22.7 Å². The number of rotatable bonds is 3. The molecular weight excluding hydrogens is 258 g/mol. The van der Waals surface area contributed by atoms with Gasteiger partial charge in [0.15, 0.2) is 0 Å². The summed E-state index contributed by atoms with van der Waals surface area (Å²) in [7, 11) is 0. The number of ether oxygens (including phenoxy) is 1. The molecule has 0 aromatic heterocycles. The molecule has 0 saturated carbocycles. The van der Waals surface area contributed by atoms with Gasteiger partial charge in [-0.1, -0.05) is 0 Å². The van der Waals surface area contributed by atoms with E-state index < -0.39 is 5.41 Å². The molecule has 2 N–H and O–H groups in total. The maximum absolute atomic E-state index is 12.6. The van der Waals surface area contributed by atoms with Crippen molar-refractivity contribution in [3.05, 3.63) is 0 Å². The van der Waals surface area contributed by atoms with E-state index in [1.54, 1.807) is 4.90 Å². The number of carbonyl (C=O) groups excluding carboxylic acids is 2. The van der Waals surface area contributed by atoms with E-state index in [1.807, 2.05) is 0 Å². The van der Waals surface area contributed by atoms with E-state index >= 15 is 0 Å². The number of carbonyl (C=O) groups is 2. The normalized spacial score (nSPS) is 23.1. The fraction of sp³-hybridized carbons (Fsp3) is 0.786. The SMILES string of the molecule is N#CC1(C(=O)N2CCC(CC(N)=O)CC2)CCOCC1. The minimum atomic E-state index is -0.908. The van der Waals surface area contributed by atoms with E-state index in [0.717, 1.165) is 12.8 Å². The van der Waals surface area contributed by atoms with Crippen molar-refractivity contribution in [2.24, 2.45) is 17.1 Å². The standard InChI is InChI=1S/C14H21N3O3/c15-10-14(3-7-20-8-4-14)13(19)17-5-1-11(2-6-17)9-12(16)18/h11H,1-9H2,(H2,16,18). The number of nitrogens with two attached hydrogens (primary N) is 1. The second-order valence-electron chi connectivity index (χ2n) is 5.71.